The topological polar surface area (TPSA) is 46.2 Å². The zero-order valence-corrected chi connectivity index (χ0v) is 6.35. The smallest absolute Gasteiger partial charge is 0.110 e. The van der Waals surface area contributed by atoms with Crippen molar-refractivity contribution in [1.29, 1.82) is 0 Å². The van der Waals surface area contributed by atoms with E-state index in [0.717, 1.165) is 0 Å². The van der Waals surface area contributed by atoms with Crippen molar-refractivity contribution in [2.75, 3.05) is 0 Å². The minimum atomic E-state index is -0.958. The highest BCUT2D eigenvalue weighted by molar-refractivity contribution is 8.93. The van der Waals surface area contributed by atoms with Gasteiger partial charge in [-0.25, -0.2) is 0 Å². The molecule has 0 aliphatic carbocycles. The summed E-state index contributed by atoms with van der Waals surface area (Å²) < 4.78 is 0. The van der Waals surface area contributed by atoms with Crippen molar-refractivity contribution < 1.29 is 5.11 Å². The maximum Gasteiger partial charge on any atom is 0.110 e. The molecule has 0 heterocycles. The molecule has 1 unspecified atom stereocenters. The van der Waals surface area contributed by atoms with Gasteiger partial charge in [0.15, 0.2) is 0 Å². The Hall–Kier alpha value is 0.400. The molecule has 0 radical (unpaired) electrons. The van der Waals surface area contributed by atoms with E-state index in [-0.39, 0.29) is 17.0 Å². The average molecular weight is 170 g/mol. The van der Waals surface area contributed by atoms with Crippen LogP contribution in [-0.2, 0) is 0 Å². The predicted octanol–water partition coefficient (Wildman–Crippen LogP) is 0.641. The van der Waals surface area contributed by atoms with Crippen molar-refractivity contribution in [2.45, 2.75) is 26.0 Å². The van der Waals surface area contributed by atoms with Crippen LogP contribution in [0.4, 0.5) is 0 Å². The number of hydrogen-bond acceptors (Lipinski definition) is 2. The van der Waals surface area contributed by atoms with Crippen molar-refractivity contribution >= 4 is 17.0 Å². The number of rotatable bonds is 1. The summed E-state index contributed by atoms with van der Waals surface area (Å²) in [5.41, 5.74) is 4.13. The van der Waals surface area contributed by atoms with Gasteiger partial charge in [-0.2, -0.15) is 0 Å². The summed E-state index contributed by atoms with van der Waals surface area (Å²) in [5.74, 6) is 0. The number of nitrogens with two attached hydrogens (primary N) is 1. The quantitative estimate of drug-likeness (QED) is 0.567. The van der Waals surface area contributed by atoms with Crippen LogP contribution < -0.4 is 5.73 Å². The fourth-order valence-electron chi connectivity index (χ4n) is 0. The lowest BCUT2D eigenvalue weighted by atomic mass is 10.2. The molecule has 0 rings (SSSR count). The highest BCUT2D eigenvalue weighted by Crippen LogP contribution is 1.94. The van der Waals surface area contributed by atoms with Crippen LogP contribution >= 0.6 is 17.0 Å². The van der Waals surface area contributed by atoms with E-state index in [1.807, 2.05) is 6.92 Å². The van der Waals surface area contributed by atoms with E-state index in [4.69, 9.17) is 10.8 Å². The van der Waals surface area contributed by atoms with Crippen molar-refractivity contribution in [3.63, 3.8) is 0 Å². The van der Waals surface area contributed by atoms with Crippen LogP contribution in [0.3, 0.4) is 0 Å². The van der Waals surface area contributed by atoms with E-state index >= 15 is 0 Å². The number of hydrogen-bond donors (Lipinski definition) is 2. The molecule has 0 aromatic carbocycles. The second kappa shape index (κ2) is 3.41. The normalized spacial score (nSPS) is 17.1. The Balaban J connectivity index is 0. The molecule has 0 fully saturated rings. The average Bonchev–Trinajstić information content (AvgIpc) is 1.35. The molecule has 0 aliphatic rings. The van der Waals surface area contributed by atoms with Crippen LogP contribution in [-0.4, -0.2) is 10.8 Å². The fraction of sp³-hybridized carbons (Fsp3) is 1.00. The zero-order chi connectivity index (χ0) is 5.21. The van der Waals surface area contributed by atoms with Crippen LogP contribution in [0.5, 0.6) is 0 Å². The Morgan fingerprint density at radius 3 is 1.86 bits per heavy atom. The molecule has 0 amide bonds. The second-order valence-corrected chi connectivity index (χ2v) is 1.71. The first-order valence-electron chi connectivity index (χ1n) is 2.07. The minimum absolute atomic E-state index is 0. The summed E-state index contributed by atoms with van der Waals surface area (Å²) in [6.07, 6.45) is 0.604. The summed E-state index contributed by atoms with van der Waals surface area (Å²) in [4.78, 5) is 0. The molecule has 0 aromatic heterocycles. The molecule has 0 saturated heterocycles. The van der Waals surface area contributed by atoms with E-state index in [1.165, 1.54) is 0 Å². The molecule has 0 spiro atoms. The monoisotopic (exact) mass is 169 g/mol. The lowest BCUT2D eigenvalue weighted by Crippen LogP contribution is -2.34. The maximum atomic E-state index is 8.60. The minimum Gasteiger partial charge on any atom is -0.376 e. The molecule has 7 heavy (non-hydrogen) atoms. The molecule has 3 heteroatoms. The first kappa shape index (κ1) is 10.4. The number of halogens is 1. The molecular formula is C4H12BrNO. The van der Waals surface area contributed by atoms with E-state index in [1.54, 1.807) is 6.92 Å². The van der Waals surface area contributed by atoms with Crippen LogP contribution in [0.2, 0.25) is 0 Å². The number of aliphatic hydroxyl groups is 1. The Bertz CT molecular complexity index is 41.4. The molecule has 46 valence electrons. The SMILES string of the molecule is Br.CCC(C)(N)O. The summed E-state index contributed by atoms with van der Waals surface area (Å²) in [6.45, 7) is 3.41. The third-order valence-electron chi connectivity index (χ3n) is 0.716. The third kappa shape index (κ3) is 10.7. The summed E-state index contributed by atoms with van der Waals surface area (Å²) in [5, 5.41) is 8.60. The highest BCUT2D eigenvalue weighted by atomic mass is 79.9. The lowest BCUT2D eigenvalue weighted by molar-refractivity contribution is 0.0632. The van der Waals surface area contributed by atoms with Gasteiger partial charge in [-0.05, 0) is 13.3 Å². The van der Waals surface area contributed by atoms with Crippen LogP contribution in [0.15, 0.2) is 0 Å². The third-order valence-corrected chi connectivity index (χ3v) is 0.716. The lowest BCUT2D eigenvalue weighted by Gasteiger charge is -2.11. The molecule has 0 aromatic rings. The fourth-order valence-corrected chi connectivity index (χ4v) is 0. The Morgan fingerprint density at radius 1 is 1.71 bits per heavy atom. The van der Waals surface area contributed by atoms with Gasteiger partial charge < -0.3 is 10.8 Å². The molecule has 0 aliphatic heterocycles. The van der Waals surface area contributed by atoms with Crippen molar-refractivity contribution in [3.05, 3.63) is 0 Å². The van der Waals surface area contributed by atoms with Gasteiger partial charge in [0.05, 0.1) is 0 Å². The molecular weight excluding hydrogens is 158 g/mol. The van der Waals surface area contributed by atoms with E-state index in [0.29, 0.717) is 6.42 Å². The van der Waals surface area contributed by atoms with Gasteiger partial charge in [-0.3, -0.25) is 0 Å². The summed E-state index contributed by atoms with van der Waals surface area (Å²) in [7, 11) is 0. The van der Waals surface area contributed by atoms with Crippen LogP contribution in [0.1, 0.15) is 20.3 Å². The van der Waals surface area contributed by atoms with E-state index in [9.17, 15) is 0 Å². The summed E-state index contributed by atoms with van der Waals surface area (Å²) in [6, 6.07) is 0. The van der Waals surface area contributed by atoms with Crippen molar-refractivity contribution in [3.8, 4) is 0 Å². The Kier molecular flexibility index (Phi) is 5.06. The Labute approximate surface area is 54.5 Å². The molecule has 3 N–H and O–H groups in total. The van der Waals surface area contributed by atoms with Gasteiger partial charge in [0.25, 0.3) is 0 Å². The van der Waals surface area contributed by atoms with Gasteiger partial charge in [-0.1, -0.05) is 6.92 Å². The van der Waals surface area contributed by atoms with E-state index in [2.05, 4.69) is 0 Å². The molecule has 0 saturated carbocycles. The standard InChI is InChI=1S/C4H11NO.BrH/c1-3-4(2,5)6;/h6H,3,5H2,1-2H3;1H. The van der Waals surface area contributed by atoms with Crippen molar-refractivity contribution in [1.82, 2.24) is 0 Å². The van der Waals surface area contributed by atoms with Gasteiger partial charge in [0, 0.05) is 0 Å². The zero-order valence-electron chi connectivity index (χ0n) is 4.64. The second-order valence-electron chi connectivity index (χ2n) is 1.71. The summed E-state index contributed by atoms with van der Waals surface area (Å²) >= 11 is 0. The predicted molar refractivity (Wildman–Crippen MR) is 35.4 cm³/mol. The largest absolute Gasteiger partial charge is 0.376 e. The van der Waals surface area contributed by atoms with Crippen molar-refractivity contribution in [2.24, 2.45) is 5.73 Å². The highest BCUT2D eigenvalue weighted by Gasteiger charge is 2.06. The van der Waals surface area contributed by atoms with Crippen LogP contribution in [0, 0.1) is 0 Å². The Morgan fingerprint density at radius 2 is 1.86 bits per heavy atom. The van der Waals surface area contributed by atoms with Crippen LogP contribution in [0.25, 0.3) is 0 Å². The van der Waals surface area contributed by atoms with Gasteiger partial charge in [-0.15, -0.1) is 17.0 Å². The van der Waals surface area contributed by atoms with Gasteiger partial charge in [0.2, 0.25) is 0 Å². The first-order chi connectivity index (χ1) is 2.56. The maximum absolute atomic E-state index is 8.60. The molecule has 0 bridgehead atoms. The van der Waals surface area contributed by atoms with Gasteiger partial charge in [0.1, 0.15) is 5.72 Å². The van der Waals surface area contributed by atoms with Gasteiger partial charge >= 0.3 is 0 Å². The molecule has 2 nitrogen and oxygen atoms in total. The van der Waals surface area contributed by atoms with E-state index < -0.39 is 5.72 Å². The first-order valence-corrected chi connectivity index (χ1v) is 2.07. The molecule has 1 atom stereocenters.